The molecule has 1 N–H and O–H groups in total. The minimum atomic E-state index is 0.725. The number of hydrogen-bond acceptors (Lipinski definition) is 3. The molecule has 0 aliphatic rings. The predicted molar refractivity (Wildman–Crippen MR) is 66.2 cm³/mol. The molecule has 0 atom stereocenters. The van der Waals surface area contributed by atoms with E-state index < -0.39 is 0 Å². The van der Waals surface area contributed by atoms with Gasteiger partial charge in [-0.15, -0.1) is 0 Å². The Bertz CT molecular complexity index is 262. The van der Waals surface area contributed by atoms with Crippen LogP contribution in [0.1, 0.15) is 25.8 Å². The molecule has 0 aliphatic heterocycles. The van der Waals surface area contributed by atoms with E-state index in [9.17, 15) is 0 Å². The Balaban J connectivity index is 1.93. The fraction of sp³-hybridized carbons (Fsp3) is 0.615. The molecule has 1 rings (SSSR count). The summed E-state index contributed by atoms with van der Waals surface area (Å²) in [6.45, 7) is 7.83. The number of pyridine rings is 1. The SMILES string of the molecule is CC(C)CCOCCNCc1cccnc1. The number of nitrogens with zero attached hydrogens (tertiary/aromatic N) is 1. The maximum atomic E-state index is 5.50. The van der Waals surface area contributed by atoms with Crippen LogP contribution in [0.5, 0.6) is 0 Å². The zero-order chi connectivity index (χ0) is 11.6. The van der Waals surface area contributed by atoms with Crippen LogP contribution in [0.15, 0.2) is 24.5 Å². The van der Waals surface area contributed by atoms with Gasteiger partial charge in [0.1, 0.15) is 0 Å². The third kappa shape index (κ3) is 6.53. The molecular weight excluding hydrogens is 200 g/mol. The van der Waals surface area contributed by atoms with Crippen molar-refractivity contribution in [3.05, 3.63) is 30.1 Å². The third-order valence-electron chi connectivity index (χ3n) is 2.31. The van der Waals surface area contributed by atoms with E-state index >= 15 is 0 Å². The van der Waals surface area contributed by atoms with E-state index in [2.05, 4.69) is 30.2 Å². The highest BCUT2D eigenvalue weighted by Gasteiger charge is 1.94. The van der Waals surface area contributed by atoms with Crippen LogP contribution in [-0.4, -0.2) is 24.7 Å². The van der Waals surface area contributed by atoms with Gasteiger partial charge in [-0.2, -0.15) is 0 Å². The first-order valence-electron chi connectivity index (χ1n) is 5.96. The summed E-state index contributed by atoms with van der Waals surface area (Å²) in [6, 6.07) is 4.02. The van der Waals surface area contributed by atoms with Crippen LogP contribution in [-0.2, 0) is 11.3 Å². The van der Waals surface area contributed by atoms with Crippen molar-refractivity contribution in [2.75, 3.05) is 19.8 Å². The van der Waals surface area contributed by atoms with Crippen molar-refractivity contribution in [2.24, 2.45) is 5.92 Å². The monoisotopic (exact) mass is 222 g/mol. The van der Waals surface area contributed by atoms with Crippen LogP contribution in [0.4, 0.5) is 0 Å². The van der Waals surface area contributed by atoms with Crippen LogP contribution in [0.25, 0.3) is 0 Å². The van der Waals surface area contributed by atoms with Gasteiger partial charge in [-0.05, 0) is 24.0 Å². The van der Waals surface area contributed by atoms with Gasteiger partial charge in [-0.25, -0.2) is 0 Å². The van der Waals surface area contributed by atoms with E-state index in [1.54, 1.807) is 6.20 Å². The number of rotatable bonds is 8. The average molecular weight is 222 g/mol. The van der Waals surface area contributed by atoms with Crippen LogP contribution in [0.2, 0.25) is 0 Å². The van der Waals surface area contributed by atoms with E-state index in [-0.39, 0.29) is 0 Å². The first-order chi connectivity index (χ1) is 7.79. The Hall–Kier alpha value is -0.930. The highest BCUT2D eigenvalue weighted by Crippen LogP contribution is 1.98. The van der Waals surface area contributed by atoms with Gasteiger partial charge in [-0.3, -0.25) is 4.98 Å². The van der Waals surface area contributed by atoms with E-state index in [1.807, 2.05) is 12.3 Å². The molecular formula is C13H22N2O. The van der Waals surface area contributed by atoms with Crippen molar-refractivity contribution in [2.45, 2.75) is 26.8 Å². The fourth-order valence-corrected chi connectivity index (χ4v) is 1.30. The second-order valence-corrected chi connectivity index (χ2v) is 4.33. The summed E-state index contributed by atoms with van der Waals surface area (Å²) >= 11 is 0. The van der Waals surface area contributed by atoms with E-state index in [0.717, 1.165) is 38.6 Å². The zero-order valence-electron chi connectivity index (χ0n) is 10.3. The number of ether oxygens (including phenoxy) is 1. The molecule has 0 bridgehead atoms. The minimum Gasteiger partial charge on any atom is -0.380 e. The molecule has 0 fully saturated rings. The second kappa shape index (κ2) is 8.25. The van der Waals surface area contributed by atoms with Gasteiger partial charge in [0.25, 0.3) is 0 Å². The lowest BCUT2D eigenvalue weighted by molar-refractivity contribution is 0.125. The van der Waals surface area contributed by atoms with Crippen LogP contribution >= 0.6 is 0 Å². The summed E-state index contributed by atoms with van der Waals surface area (Å²) in [6.07, 6.45) is 4.81. The Labute approximate surface area is 98.2 Å². The number of nitrogens with one attached hydrogen (secondary N) is 1. The summed E-state index contributed by atoms with van der Waals surface area (Å²) in [4.78, 5) is 4.06. The van der Waals surface area contributed by atoms with Crippen molar-refractivity contribution in [1.29, 1.82) is 0 Å². The molecule has 0 amide bonds. The van der Waals surface area contributed by atoms with Crippen molar-refractivity contribution >= 4 is 0 Å². The Morgan fingerprint density at radius 2 is 2.25 bits per heavy atom. The van der Waals surface area contributed by atoms with Crippen LogP contribution in [0, 0.1) is 5.92 Å². The van der Waals surface area contributed by atoms with E-state index in [0.29, 0.717) is 0 Å². The molecule has 3 nitrogen and oxygen atoms in total. The molecule has 1 aromatic rings. The average Bonchev–Trinajstić information content (AvgIpc) is 2.29. The molecule has 0 saturated heterocycles. The summed E-state index contributed by atoms with van der Waals surface area (Å²) in [5.41, 5.74) is 1.21. The van der Waals surface area contributed by atoms with Crippen LogP contribution in [0.3, 0.4) is 0 Å². The number of hydrogen-bond donors (Lipinski definition) is 1. The standard InChI is InChI=1S/C13H22N2O/c1-12(2)5-8-16-9-7-15-11-13-4-3-6-14-10-13/h3-4,6,10,12,15H,5,7-9,11H2,1-2H3. The minimum absolute atomic E-state index is 0.725. The summed E-state index contributed by atoms with van der Waals surface area (Å²) in [7, 11) is 0. The van der Waals surface area contributed by atoms with Gasteiger partial charge in [0, 0.05) is 32.1 Å². The molecule has 0 radical (unpaired) electrons. The first kappa shape index (κ1) is 13.1. The molecule has 3 heteroatoms. The predicted octanol–water partition coefficient (Wildman–Crippen LogP) is 2.23. The van der Waals surface area contributed by atoms with Gasteiger partial charge in [-0.1, -0.05) is 19.9 Å². The van der Waals surface area contributed by atoms with Crippen molar-refractivity contribution in [3.63, 3.8) is 0 Å². The maximum absolute atomic E-state index is 5.50. The normalized spacial score (nSPS) is 10.9. The molecule has 16 heavy (non-hydrogen) atoms. The van der Waals surface area contributed by atoms with E-state index in [1.165, 1.54) is 5.56 Å². The highest BCUT2D eigenvalue weighted by atomic mass is 16.5. The van der Waals surface area contributed by atoms with Crippen LogP contribution < -0.4 is 5.32 Å². The molecule has 0 saturated carbocycles. The molecule has 1 aromatic heterocycles. The van der Waals surface area contributed by atoms with Gasteiger partial charge in [0.05, 0.1) is 6.61 Å². The smallest absolute Gasteiger partial charge is 0.0591 e. The van der Waals surface area contributed by atoms with Crippen molar-refractivity contribution < 1.29 is 4.74 Å². The van der Waals surface area contributed by atoms with Gasteiger partial charge in [0.15, 0.2) is 0 Å². The second-order valence-electron chi connectivity index (χ2n) is 4.33. The lowest BCUT2D eigenvalue weighted by Crippen LogP contribution is -2.19. The molecule has 0 spiro atoms. The molecule has 0 unspecified atom stereocenters. The highest BCUT2D eigenvalue weighted by molar-refractivity contribution is 5.07. The Morgan fingerprint density at radius 3 is 2.94 bits per heavy atom. The topological polar surface area (TPSA) is 34.1 Å². The molecule has 0 aromatic carbocycles. The molecule has 0 aliphatic carbocycles. The molecule has 90 valence electrons. The summed E-state index contributed by atoms with van der Waals surface area (Å²) in [5.74, 6) is 0.725. The first-order valence-corrected chi connectivity index (χ1v) is 5.96. The van der Waals surface area contributed by atoms with E-state index in [4.69, 9.17) is 4.74 Å². The van der Waals surface area contributed by atoms with Gasteiger partial charge in [0.2, 0.25) is 0 Å². The Kier molecular flexibility index (Phi) is 6.77. The molecule has 1 heterocycles. The maximum Gasteiger partial charge on any atom is 0.0591 e. The van der Waals surface area contributed by atoms with Gasteiger partial charge >= 0.3 is 0 Å². The van der Waals surface area contributed by atoms with Crippen molar-refractivity contribution in [1.82, 2.24) is 10.3 Å². The summed E-state index contributed by atoms with van der Waals surface area (Å²) in [5, 5.41) is 3.32. The fourth-order valence-electron chi connectivity index (χ4n) is 1.30. The zero-order valence-corrected chi connectivity index (χ0v) is 10.3. The Morgan fingerprint density at radius 1 is 1.38 bits per heavy atom. The quantitative estimate of drug-likeness (QED) is 0.685. The van der Waals surface area contributed by atoms with Gasteiger partial charge < -0.3 is 10.1 Å². The lowest BCUT2D eigenvalue weighted by atomic mass is 10.1. The third-order valence-corrected chi connectivity index (χ3v) is 2.31. The summed E-state index contributed by atoms with van der Waals surface area (Å²) < 4.78 is 5.50. The largest absolute Gasteiger partial charge is 0.380 e. The number of aromatic nitrogens is 1. The van der Waals surface area contributed by atoms with Crippen molar-refractivity contribution in [3.8, 4) is 0 Å². The lowest BCUT2D eigenvalue weighted by Gasteiger charge is -2.07.